The maximum atomic E-state index is 13.4. The molecule has 0 radical (unpaired) electrons. The number of carbonyl (C=O) groups is 2. The Morgan fingerprint density at radius 1 is 0.763 bits per heavy atom. The van der Waals surface area contributed by atoms with Gasteiger partial charge in [0.25, 0.3) is 0 Å². The zero-order chi connectivity index (χ0) is 41.2. The Kier molecular flexibility index (Phi) is 11.2. The lowest BCUT2D eigenvalue weighted by atomic mass is 10.0. The highest BCUT2D eigenvalue weighted by molar-refractivity contribution is 5.81. The van der Waals surface area contributed by atoms with Crippen molar-refractivity contribution in [1.82, 2.24) is 39.3 Å². The number of amides is 2. The molecule has 3 aliphatic rings. The Labute approximate surface area is 339 Å². The molecular formula is C43H44F2N10O4. The van der Waals surface area contributed by atoms with Crippen molar-refractivity contribution in [3.8, 4) is 22.5 Å². The molecule has 0 bridgehead atoms. The molecule has 1 saturated heterocycles. The monoisotopic (exact) mass is 802 g/mol. The van der Waals surface area contributed by atoms with Crippen LogP contribution < -0.4 is 11.5 Å². The predicted molar refractivity (Wildman–Crippen MR) is 215 cm³/mol. The van der Waals surface area contributed by atoms with Crippen LogP contribution in [0.4, 0.5) is 20.2 Å². The number of nitrogens with two attached hydrogens (primary N) is 2. The minimum absolute atomic E-state index is 0.0445. The highest BCUT2D eigenvalue weighted by atomic mass is 19.1. The van der Waals surface area contributed by atoms with Gasteiger partial charge >= 0.3 is 0 Å². The number of fused-ring (bicyclic) bond motifs is 2. The van der Waals surface area contributed by atoms with Gasteiger partial charge in [-0.15, -0.1) is 0 Å². The van der Waals surface area contributed by atoms with E-state index < -0.39 is 0 Å². The average molecular weight is 803 g/mol. The molecule has 59 heavy (non-hydrogen) atoms. The molecule has 2 amide bonds. The van der Waals surface area contributed by atoms with Crippen molar-refractivity contribution in [1.29, 1.82) is 0 Å². The van der Waals surface area contributed by atoms with Gasteiger partial charge in [-0.3, -0.25) is 28.9 Å². The summed E-state index contributed by atoms with van der Waals surface area (Å²) in [6.45, 7) is 6.53. The summed E-state index contributed by atoms with van der Waals surface area (Å²) in [5, 5.41) is 9.13. The molecule has 0 saturated carbocycles. The molecule has 14 nitrogen and oxygen atoms in total. The van der Waals surface area contributed by atoms with Crippen molar-refractivity contribution >= 4 is 23.2 Å². The van der Waals surface area contributed by atoms with Crippen LogP contribution in [0, 0.1) is 18.6 Å². The van der Waals surface area contributed by atoms with Gasteiger partial charge in [-0.2, -0.15) is 10.2 Å². The second-order valence-corrected chi connectivity index (χ2v) is 14.9. The van der Waals surface area contributed by atoms with Crippen molar-refractivity contribution in [3.05, 3.63) is 130 Å². The van der Waals surface area contributed by atoms with Crippen molar-refractivity contribution in [2.75, 3.05) is 38.4 Å². The van der Waals surface area contributed by atoms with Gasteiger partial charge in [-0.05, 0) is 79.2 Å². The van der Waals surface area contributed by atoms with Gasteiger partial charge in [0.1, 0.15) is 11.6 Å². The average Bonchev–Trinajstić information content (AvgIpc) is 3.97. The highest BCUT2D eigenvalue weighted by Crippen LogP contribution is 2.29. The Morgan fingerprint density at radius 2 is 1.36 bits per heavy atom. The number of anilines is 2. The lowest BCUT2D eigenvalue weighted by molar-refractivity contribution is -0.132. The summed E-state index contributed by atoms with van der Waals surface area (Å²) in [5.41, 5.74) is 21.8. The number of benzene rings is 2. The van der Waals surface area contributed by atoms with E-state index in [4.69, 9.17) is 20.9 Å². The lowest BCUT2D eigenvalue weighted by Gasteiger charge is -2.26. The molecule has 9 rings (SSSR count). The Bertz CT molecular complexity index is 2470. The number of nitrogen functional groups attached to an aromatic ring is 2. The van der Waals surface area contributed by atoms with E-state index in [2.05, 4.69) is 20.2 Å². The van der Waals surface area contributed by atoms with E-state index in [1.807, 2.05) is 28.7 Å². The molecule has 16 heteroatoms. The summed E-state index contributed by atoms with van der Waals surface area (Å²) in [7, 11) is 1.66. The number of pyridine rings is 2. The maximum Gasteiger partial charge on any atom is 0.229 e. The number of aryl methyl sites for hydroxylation is 1. The number of rotatable bonds is 10. The molecule has 0 spiro atoms. The van der Waals surface area contributed by atoms with Gasteiger partial charge in [0.15, 0.2) is 0 Å². The number of aromatic nitrogens is 6. The minimum Gasteiger partial charge on any atom is -0.397 e. The summed E-state index contributed by atoms with van der Waals surface area (Å²) >= 11 is 0. The highest BCUT2D eigenvalue weighted by Gasteiger charge is 2.30. The van der Waals surface area contributed by atoms with E-state index in [1.165, 1.54) is 24.3 Å². The first-order valence-electron chi connectivity index (χ1n) is 19.3. The summed E-state index contributed by atoms with van der Waals surface area (Å²) in [5.74, 6) is -0.694. The van der Waals surface area contributed by atoms with E-state index in [0.717, 1.165) is 39.2 Å². The van der Waals surface area contributed by atoms with Crippen LogP contribution in [0.2, 0.25) is 0 Å². The van der Waals surface area contributed by atoms with E-state index in [0.29, 0.717) is 92.7 Å². The molecule has 304 valence electrons. The van der Waals surface area contributed by atoms with Crippen molar-refractivity contribution < 1.29 is 27.8 Å². The van der Waals surface area contributed by atoms with E-state index >= 15 is 0 Å². The van der Waals surface area contributed by atoms with Crippen LogP contribution >= 0.6 is 0 Å². The first-order valence-corrected chi connectivity index (χ1v) is 19.3. The van der Waals surface area contributed by atoms with E-state index in [9.17, 15) is 18.4 Å². The second-order valence-electron chi connectivity index (χ2n) is 14.9. The van der Waals surface area contributed by atoms with Crippen molar-refractivity contribution in [3.63, 3.8) is 0 Å². The topological polar surface area (TPSA) is 173 Å². The predicted octanol–water partition coefficient (Wildman–Crippen LogP) is 5.03. The molecule has 0 atom stereocenters. The number of nitrogens with zero attached hydrogens (tertiary/aromatic N) is 8. The van der Waals surface area contributed by atoms with Crippen LogP contribution in [-0.4, -0.2) is 78.1 Å². The zero-order valence-corrected chi connectivity index (χ0v) is 32.8. The SMILES string of the molecule is COCCn1cc2c(n1)CN(C(=O)Cc1nc(-c3ccc(F)cc3C)ccc1N)C2.Nc1ccc(-c2ccc(F)cc2)nc1CC(=O)N1Cc2cn(C3COC3)nc2C1. The normalized spacial score (nSPS) is 14.4. The smallest absolute Gasteiger partial charge is 0.229 e. The molecule has 0 aliphatic carbocycles. The minimum atomic E-state index is -0.306. The van der Waals surface area contributed by atoms with Gasteiger partial charge < -0.3 is 30.7 Å². The maximum absolute atomic E-state index is 13.4. The number of carbonyl (C=O) groups excluding carboxylic acids is 2. The van der Waals surface area contributed by atoms with Crippen LogP contribution in [-0.2, 0) is 64.6 Å². The fourth-order valence-electron chi connectivity index (χ4n) is 7.26. The molecular weight excluding hydrogens is 759 g/mol. The van der Waals surface area contributed by atoms with Crippen LogP contribution in [0.25, 0.3) is 22.5 Å². The van der Waals surface area contributed by atoms with Gasteiger partial charge in [-0.25, -0.2) is 8.78 Å². The van der Waals surface area contributed by atoms with Crippen LogP contribution in [0.15, 0.2) is 79.1 Å². The summed E-state index contributed by atoms with van der Waals surface area (Å²) in [6.07, 6.45) is 4.19. The fraction of sp³-hybridized carbons (Fsp3) is 0.302. The van der Waals surface area contributed by atoms with E-state index in [1.54, 1.807) is 59.4 Å². The third-order valence-corrected chi connectivity index (χ3v) is 10.7. The molecule has 0 unspecified atom stereocenters. The Morgan fingerprint density at radius 3 is 1.93 bits per heavy atom. The van der Waals surface area contributed by atoms with Crippen LogP contribution in [0.1, 0.15) is 45.5 Å². The molecule has 4 N–H and O–H groups in total. The van der Waals surface area contributed by atoms with Crippen molar-refractivity contribution in [2.45, 2.75) is 58.5 Å². The fourth-order valence-corrected chi connectivity index (χ4v) is 7.26. The summed E-state index contributed by atoms with van der Waals surface area (Å²) < 4.78 is 40.7. The van der Waals surface area contributed by atoms with Gasteiger partial charge in [0.05, 0.1) is 104 Å². The van der Waals surface area contributed by atoms with Gasteiger partial charge in [0.2, 0.25) is 11.8 Å². The zero-order valence-electron chi connectivity index (χ0n) is 32.8. The van der Waals surface area contributed by atoms with Gasteiger partial charge in [-0.1, -0.05) is 0 Å². The molecule has 7 heterocycles. The number of ether oxygens (including phenoxy) is 2. The number of halogens is 2. The molecule has 3 aliphatic heterocycles. The molecule has 1 fully saturated rings. The lowest BCUT2D eigenvalue weighted by Crippen LogP contribution is -2.32. The Hall–Kier alpha value is -6.52. The summed E-state index contributed by atoms with van der Waals surface area (Å²) in [6, 6.07) is 18.0. The number of methoxy groups -OCH3 is 1. The van der Waals surface area contributed by atoms with Crippen LogP contribution in [0.3, 0.4) is 0 Å². The second kappa shape index (κ2) is 16.8. The van der Waals surface area contributed by atoms with Crippen LogP contribution in [0.5, 0.6) is 0 Å². The number of hydrogen-bond acceptors (Lipinski definition) is 10. The van der Waals surface area contributed by atoms with Gasteiger partial charge in [0, 0.05) is 54.8 Å². The quantitative estimate of drug-likeness (QED) is 0.192. The third-order valence-electron chi connectivity index (χ3n) is 10.7. The molecule has 2 aromatic carbocycles. The van der Waals surface area contributed by atoms with E-state index in [-0.39, 0.29) is 36.3 Å². The Balaban J connectivity index is 0.000000164. The third kappa shape index (κ3) is 8.68. The standard InChI is InChI=1S/C22H24FN5O2.C21H20FN5O2/c1-14-9-16(23)3-4-17(14)19-6-5-18(24)20(25-19)10-22(29)27-11-15-12-28(7-8-30-2)26-21(15)13-27;22-15-3-1-13(2-4-15)18-6-5-17(23)19(24-18)7-21(28)26-8-14-9-27(16-11-29-12-16)25-20(14)10-26/h3-6,9,12H,7-8,10-11,13,24H2,1-2H3;1-6,9,16H,7-8,10-12,23H2. The first kappa shape index (κ1) is 39.3. The molecule has 6 aromatic rings. The number of hydrogen-bond donors (Lipinski definition) is 2. The molecule has 4 aromatic heterocycles. The summed E-state index contributed by atoms with van der Waals surface area (Å²) in [4.78, 5) is 38.4. The largest absolute Gasteiger partial charge is 0.397 e. The van der Waals surface area contributed by atoms with Crippen molar-refractivity contribution in [2.24, 2.45) is 0 Å². The first-order chi connectivity index (χ1) is 28.5.